The van der Waals surface area contributed by atoms with Crippen molar-refractivity contribution in [2.24, 2.45) is 0 Å². The zero-order valence-corrected chi connectivity index (χ0v) is 38.2. The lowest BCUT2D eigenvalue weighted by atomic mass is 9.50. The van der Waals surface area contributed by atoms with Crippen molar-refractivity contribution in [1.82, 2.24) is 0 Å². The van der Waals surface area contributed by atoms with E-state index in [1.165, 1.54) is 0 Å². The topological polar surface area (TPSA) is 568 Å². The van der Waals surface area contributed by atoms with Crippen LogP contribution in [-0.2, 0) is 0 Å². The molecule has 4 atom stereocenters. The second-order valence-electron chi connectivity index (χ2n) is 17.1. The summed E-state index contributed by atoms with van der Waals surface area (Å²) in [4.78, 5) is 93.2. The van der Waals surface area contributed by atoms with Gasteiger partial charge in [0.1, 0.15) is 0 Å². The predicted octanol–water partition coefficient (Wildman–Crippen LogP) is -0.340. The third kappa shape index (κ3) is 8.03. The summed E-state index contributed by atoms with van der Waals surface area (Å²) in [5, 5.41) is 256. The van der Waals surface area contributed by atoms with Crippen LogP contribution < -0.4 is 0 Å². The maximum atomic E-state index is 15.9. The van der Waals surface area contributed by atoms with Crippen LogP contribution in [0.3, 0.4) is 0 Å². The van der Waals surface area contributed by atoms with Gasteiger partial charge in [-0.05, 0) is 79.7 Å². The summed E-state index contributed by atoms with van der Waals surface area (Å²) in [6.45, 7) is -0.184. The average Bonchev–Trinajstić information content (AvgIpc) is 3.37. The van der Waals surface area contributed by atoms with E-state index >= 15 is 24.0 Å². The summed E-state index contributed by atoms with van der Waals surface area (Å²) in [5.74, 6) is -46.8. The van der Waals surface area contributed by atoms with Gasteiger partial charge in [-0.25, -0.2) is 0 Å². The van der Waals surface area contributed by atoms with E-state index in [1.54, 1.807) is 0 Å². The minimum atomic E-state index is -6.14. The van der Waals surface area contributed by atoms with E-state index in [2.05, 4.69) is 0 Å². The number of Topliss-reactive ketones (excluding diaryl/α,β-unsaturated/α-hetero) is 6. The van der Waals surface area contributed by atoms with E-state index in [0.717, 1.165) is 0 Å². The van der Waals surface area contributed by atoms with Crippen molar-refractivity contribution in [2.45, 2.75) is 34.9 Å². The van der Waals surface area contributed by atoms with Crippen molar-refractivity contribution in [3.63, 3.8) is 0 Å². The molecule has 77 heavy (non-hydrogen) atoms. The number of carbonyl (C=O) groups is 6. The molecule has 0 heterocycles. The zero-order valence-electron chi connectivity index (χ0n) is 38.2. The van der Waals surface area contributed by atoms with Crippen LogP contribution in [0.2, 0.25) is 0 Å². The molecule has 0 aliphatic rings. The first kappa shape index (κ1) is 55.8. The molecule has 23 N–H and O–H groups in total. The van der Waals surface area contributed by atoms with Crippen LogP contribution in [0.15, 0.2) is 72.8 Å². The number of phenolic OH excluding ortho intramolecular Hbond substituents is 18. The van der Waals surface area contributed by atoms with E-state index in [-0.39, 0.29) is 79.7 Å². The van der Waals surface area contributed by atoms with E-state index in [9.17, 15) is 122 Å². The van der Waals surface area contributed by atoms with Crippen LogP contribution in [0.25, 0.3) is 0 Å². The smallest absolute Gasteiger partial charge is 0.230 e. The molecule has 0 amide bonds. The third-order valence-corrected chi connectivity index (χ3v) is 12.4. The Kier molecular flexibility index (Phi) is 13.4. The summed E-state index contributed by atoms with van der Waals surface area (Å²) in [6.07, 6.45) is 0. The molecule has 0 spiro atoms. The molecule has 0 saturated carbocycles. The monoisotopic (exact) mass is 1080 g/mol. The first-order valence-electron chi connectivity index (χ1n) is 20.8. The van der Waals surface area contributed by atoms with Gasteiger partial charge in [0.05, 0.1) is 0 Å². The Morgan fingerprint density at radius 1 is 0.247 bits per heavy atom. The highest BCUT2D eigenvalue weighted by atomic mass is 16.5. The highest BCUT2D eigenvalue weighted by Gasteiger charge is 2.85. The van der Waals surface area contributed by atoms with Crippen molar-refractivity contribution in [2.75, 3.05) is 0 Å². The summed E-state index contributed by atoms with van der Waals surface area (Å²) < 4.78 is 0. The standard InChI is InChI=1S/C48H38O29/c1-44(73,38(67)14-2-20(49)32(61)21(50)3-14)46(75,41(70)17-8-26(55)35(64)27(56)9-17)48(77,43(72)19-12-30(59)37(66)31(60)13-19)47(76,42(71)18-10-28(57)36(65)29(58)11-18)45(74,39(68)15-4-22(51)33(62)23(52)5-15)40(69)16-6-24(53)34(63)25(54)7-16/h2-13,49-66,73-77H,1H3/t44-,46-,47-,48-/m1/s1. The average molecular weight is 1080 g/mol. The van der Waals surface area contributed by atoms with Crippen LogP contribution in [0.5, 0.6) is 103 Å². The number of phenols is 18. The number of rotatable bonds is 16. The first-order valence-corrected chi connectivity index (χ1v) is 20.8. The lowest BCUT2D eigenvalue weighted by Gasteiger charge is -2.56. The molecule has 0 saturated heterocycles. The van der Waals surface area contributed by atoms with Gasteiger partial charge in [-0.15, -0.1) is 0 Å². The fraction of sp³-hybridized carbons (Fsp3) is 0.125. The summed E-state index contributed by atoms with van der Waals surface area (Å²) in [5.41, 5.74) is -39.2. The van der Waals surface area contributed by atoms with Crippen molar-refractivity contribution in [3.8, 4) is 103 Å². The highest BCUT2D eigenvalue weighted by molar-refractivity contribution is 6.31. The fourth-order valence-electron chi connectivity index (χ4n) is 8.25. The van der Waals surface area contributed by atoms with Gasteiger partial charge in [0.25, 0.3) is 0 Å². The molecular formula is C48H38O29. The largest absolute Gasteiger partial charge is 0.504 e. The Hall–Kier alpha value is -10.5. The van der Waals surface area contributed by atoms with Crippen molar-refractivity contribution >= 4 is 34.7 Å². The van der Waals surface area contributed by atoms with Gasteiger partial charge in [0.15, 0.2) is 115 Å². The van der Waals surface area contributed by atoms with Crippen LogP contribution in [0.1, 0.15) is 69.1 Å². The lowest BCUT2D eigenvalue weighted by molar-refractivity contribution is -0.248. The molecule has 0 aromatic heterocycles. The SMILES string of the molecule is C[C@@](O)(C(=O)c1cc(O)c(O)c(O)c1)[C@](O)(C(=O)c1cc(O)c(O)c(O)c1)[C@](O)(C(=O)c1cc(O)c(O)c(O)c1)[C@@](O)(C(=O)c1cc(O)c(O)c(O)c1)C(O)(C(=O)c1cc(O)c(O)c(O)c1)C(=O)c1cc(O)c(O)c(O)c1. The van der Waals surface area contributed by atoms with Crippen LogP contribution >= 0.6 is 0 Å². The van der Waals surface area contributed by atoms with E-state index in [0.29, 0.717) is 0 Å². The molecule has 0 fully saturated rings. The van der Waals surface area contributed by atoms with E-state index in [1.807, 2.05) is 0 Å². The molecule has 6 aromatic carbocycles. The third-order valence-electron chi connectivity index (χ3n) is 12.4. The Bertz CT molecular complexity index is 3370. The Labute approximate surface area is 424 Å². The molecular weight excluding hydrogens is 1040 g/mol. The van der Waals surface area contributed by atoms with Crippen LogP contribution in [-0.4, -0.2) is 180 Å². The molecule has 0 aliphatic carbocycles. The number of hydrogen-bond donors (Lipinski definition) is 23. The number of ketones is 6. The molecule has 6 rings (SSSR count). The van der Waals surface area contributed by atoms with E-state index in [4.69, 9.17) is 0 Å². The minimum absolute atomic E-state index is 0.0514. The minimum Gasteiger partial charge on any atom is -0.504 e. The zero-order chi connectivity index (χ0) is 58.3. The van der Waals surface area contributed by atoms with Gasteiger partial charge >= 0.3 is 0 Å². The Morgan fingerprint density at radius 3 is 0.610 bits per heavy atom. The number of hydrogen-bond acceptors (Lipinski definition) is 29. The van der Waals surface area contributed by atoms with Crippen molar-refractivity contribution in [1.29, 1.82) is 0 Å². The highest BCUT2D eigenvalue weighted by Crippen LogP contribution is 2.55. The van der Waals surface area contributed by atoms with Gasteiger partial charge in [-0.3, -0.25) is 28.8 Å². The number of benzene rings is 6. The quantitative estimate of drug-likeness (QED) is 0.0335. The summed E-state index contributed by atoms with van der Waals surface area (Å²) in [7, 11) is 0. The molecule has 0 bridgehead atoms. The fourth-order valence-corrected chi connectivity index (χ4v) is 8.25. The van der Waals surface area contributed by atoms with Gasteiger partial charge in [0.2, 0.25) is 51.3 Å². The van der Waals surface area contributed by atoms with Gasteiger partial charge in [-0.2, -0.15) is 0 Å². The second-order valence-corrected chi connectivity index (χ2v) is 17.1. The maximum absolute atomic E-state index is 15.9. The number of aromatic hydroxyl groups is 18. The molecule has 6 aromatic rings. The summed E-state index contributed by atoms with van der Waals surface area (Å²) >= 11 is 0. The number of aliphatic hydroxyl groups is 5. The lowest BCUT2D eigenvalue weighted by Crippen LogP contribution is -2.89. The first-order chi connectivity index (χ1) is 35.4. The Balaban J connectivity index is 2.03. The van der Waals surface area contributed by atoms with Gasteiger partial charge < -0.3 is 117 Å². The molecule has 29 heteroatoms. The van der Waals surface area contributed by atoms with Crippen LogP contribution in [0.4, 0.5) is 0 Å². The summed E-state index contributed by atoms with van der Waals surface area (Å²) in [6, 6.07) is -0.667. The molecule has 0 aliphatic heterocycles. The predicted molar refractivity (Wildman–Crippen MR) is 245 cm³/mol. The number of carbonyl (C=O) groups excluding carboxylic acids is 6. The van der Waals surface area contributed by atoms with Crippen molar-refractivity contribution in [3.05, 3.63) is 106 Å². The van der Waals surface area contributed by atoms with Gasteiger partial charge in [-0.1, -0.05) is 0 Å². The van der Waals surface area contributed by atoms with Crippen LogP contribution in [0, 0.1) is 0 Å². The molecule has 29 nitrogen and oxygen atoms in total. The second kappa shape index (κ2) is 18.5. The molecule has 0 radical (unpaired) electrons. The van der Waals surface area contributed by atoms with Crippen molar-refractivity contribution < 1.29 is 146 Å². The maximum Gasteiger partial charge on any atom is 0.230 e. The molecule has 404 valence electrons. The normalized spacial score (nSPS) is 14.7. The molecule has 0 unspecified atom stereocenters. The van der Waals surface area contributed by atoms with Gasteiger partial charge in [0, 0.05) is 33.4 Å². The Morgan fingerprint density at radius 2 is 0.403 bits per heavy atom. The van der Waals surface area contributed by atoms with E-state index < -0.39 is 200 Å².